The summed E-state index contributed by atoms with van der Waals surface area (Å²) in [4.78, 5) is 6.36. The van der Waals surface area contributed by atoms with Gasteiger partial charge in [-0.25, -0.2) is 8.42 Å². The Labute approximate surface area is 154 Å². The Hall–Kier alpha value is -2.11. The Morgan fingerprint density at radius 3 is 2.65 bits per heavy atom. The number of sulfone groups is 1. The van der Waals surface area contributed by atoms with Crippen LogP contribution in [-0.4, -0.2) is 37.4 Å². The first-order chi connectivity index (χ1) is 12.6. The number of benzene rings is 2. The van der Waals surface area contributed by atoms with Gasteiger partial charge in [-0.1, -0.05) is 30.3 Å². The predicted octanol–water partition coefficient (Wildman–Crippen LogP) is 4.03. The van der Waals surface area contributed by atoms with Crippen LogP contribution < -0.4 is 0 Å². The third-order valence-electron chi connectivity index (χ3n) is 5.46. The average molecular weight is 369 g/mol. The van der Waals surface area contributed by atoms with Gasteiger partial charge in [0.15, 0.2) is 0 Å². The van der Waals surface area contributed by atoms with Crippen LogP contribution in [0.4, 0.5) is 0 Å². The van der Waals surface area contributed by atoms with Crippen LogP contribution in [-0.2, 0) is 16.3 Å². The SMILES string of the molecule is CC1CCCN1CCc1cccc2[nH]cc(S(=O)(=O)c3ccccc3)c12. The van der Waals surface area contributed by atoms with Gasteiger partial charge in [-0.05, 0) is 56.5 Å². The molecule has 1 unspecified atom stereocenters. The molecule has 136 valence electrons. The number of nitrogens with one attached hydrogen (secondary N) is 1. The van der Waals surface area contributed by atoms with Crippen LogP contribution in [0.15, 0.2) is 64.5 Å². The fraction of sp³-hybridized carbons (Fsp3) is 0.333. The van der Waals surface area contributed by atoms with E-state index in [1.54, 1.807) is 30.5 Å². The van der Waals surface area contributed by atoms with E-state index in [0.29, 0.717) is 15.8 Å². The van der Waals surface area contributed by atoms with Crippen LogP contribution in [0.2, 0.25) is 0 Å². The maximum Gasteiger partial charge on any atom is 0.208 e. The van der Waals surface area contributed by atoms with E-state index in [1.165, 1.54) is 12.8 Å². The first kappa shape index (κ1) is 17.3. The highest BCUT2D eigenvalue weighted by Crippen LogP contribution is 2.31. The Bertz CT molecular complexity index is 1010. The van der Waals surface area contributed by atoms with Crippen molar-refractivity contribution in [2.75, 3.05) is 13.1 Å². The van der Waals surface area contributed by atoms with E-state index in [-0.39, 0.29) is 0 Å². The summed E-state index contributed by atoms with van der Waals surface area (Å²) in [6.07, 6.45) is 5.00. The van der Waals surface area contributed by atoms with Crippen molar-refractivity contribution < 1.29 is 8.42 Å². The topological polar surface area (TPSA) is 53.2 Å². The number of likely N-dealkylation sites (tertiary alicyclic amines) is 1. The van der Waals surface area contributed by atoms with Crippen molar-refractivity contribution in [2.45, 2.75) is 42.0 Å². The second kappa shape index (κ2) is 6.89. The molecule has 4 rings (SSSR count). The van der Waals surface area contributed by atoms with Crippen LogP contribution in [0.1, 0.15) is 25.3 Å². The summed E-state index contributed by atoms with van der Waals surface area (Å²) >= 11 is 0. The highest BCUT2D eigenvalue weighted by Gasteiger charge is 2.24. The third kappa shape index (κ3) is 3.06. The van der Waals surface area contributed by atoms with Gasteiger partial charge >= 0.3 is 0 Å². The third-order valence-corrected chi connectivity index (χ3v) is 7.25. The van der Waals surface area contributed by atoms with Crippen molar-refractivity contribution in [3.63, 3.8) is 0 Å². The molecule has 1 atom stereocenters. The molecule has 0 amide bonds. The molecule has 3 aromatic rings. The molecule has 0 radical (unpaired) electrons. The Balaban J connectivity index is 1.73. The summed E-state index contributed by atoms with van der Waals surface area (Å²) in [5.41, 5.74) is 1.98. The first-order valence-electron chi connectivity index (χ1n) is 9.20. The molecule has 5 heteroatoms. The van der Waals surface area contributed by atoms with Gasteiger partial charge in [-0.3, -0.25) is 0 Å². The zero-order chi connectivity index (χ0) is 18.1. The zero-order valence-electron chi connectivity index (χ0n) is 15.0. The zero-order valence-corrected chi connectivity index (χ0v) is 15.8. The van der Waals surface area contributed by atoms with E-state index in [2.05, 4.69) is 22.9 Å². The van der Waals surface area contributed by atoms with Crippen LogP contribution in [0.5, 0.6) is 0 Å². The fourth-order valence-electron chi connectivity index (χ4n) is 3.96. The van der Waals surface area contributed by atoms with Gasteiger partial charge in [0.1, 0.15) is 0 Å². The lowest BCUT2D eigenvalue weighted by Gasteiger charge is -2.21. The van der Waals surface area contributed by atoms with Gasteiger partial charge in [-0.15, -0.1) is 0 Å². The molecular formula is C21H24N2O2S. The van der Waals surface area contributed by atoms with E-state index in [0.717, 1.165) is 36.0 Å². The van der Waals surface area contributed by atoms with Crippen molar-refractivity contribution in [3.05, 3.63) is 60.3 Å². The van der Waals surface area contributed by atoms with Crippen LogP contribution >= 0.6 is 0 Å². The van der Waals surface area contributed by atoms with Gasteiger partial charge < -0.3 is 9.88 Å². The molecule has 0 spiro atoms. The fourth-order valence-corrected chi connectivity index (χ4v) is 5.46. The number of rotatable bonds is 5. The lowest BCUT2D eigenvalue weighted by Crippen LogP contribution is -2.29. The maximum atomic E-state index is 13.1. The van der Waals surface area contributed by atoms with E-state index in [4.69, 9.17) is 0 Å². The number of H-pyrrole nitrogens is 1. The summed E-state index contributed by atoms with van der Waals surface area (Å²) in [6.45, 7) is 4.38. The number of nitrogens with zero attached hydrogens (tertiary/aromatic N) is 1. The lowest BCUT2D eigenvalue weighted by molar-refractivity contribution is 0.272. The molecule has 0 bridgehead atoms. The Morgan fingerprint density at radius 2 is 1.92 bits per heavy atom. The number of aromatic amines is 1. The Morgan fingerprint density at radius 1 is 1.12 bits per heavy atom. The molecule has 4 nitrogen and oxygen atoms in total. The predicted molar refractivity (Wildman–Crippen MR) is 104 cm³/mol. The highest BCUT2D eigenvalue weighted by molar-refractivity contribution is 7.91. The number of aromatic nitrogens is 1. The molecular weight excluding hydrogens is 344 g/mol. The molecule has 1 N–H and O–H groups in total. The van der Waals surface area contributed by atoms with Crippen molar-refractivity contribution in [2.24, 2.45) is 0 Å². The van der Waals surface area contributed by atoms with E-state index < -0.39 is 9.84 Å². The minimum absolute atomic E-state index is 0.337. The van der Waals surface area contributed by atoms with Gasteiger partial charge in [0.25, 0.3) is 0 Å². The second-order valence-corrected chi connectivity index (χ2v) is 9.00. The minimum Gasteiger partial charge on any atom is -0.360 e. The van der Waals surface area contributed by atoms with Gasteiger partial charge in [0.05, 0.1) is 9.79 Å². The molecule has 1 aromatic heterocycles. The highest BCUT2D eigenvalue weighted by atomic mass is 32.2. The molecule has 1 fully saturated rings. The summed E-state index contributed by atoms with van der Waals surface area (Å²) in [7, 11) is -3.54. The molecule has 0 saturated carbocycles. The monoisotopic (exact) mass is 368 g/mol. The smallest absolute Gasteiger partial charge is 0.208 e. The van der Waals surface area contributed by atoms with Crippen molar-refractivity contribution in [1.82, 2.24) is 9.88 Å². The summed E-state index contributed by atoms with van der Waals surface area (Å²) < 4.78 is 26.3. The largest absolute Gasteiger partial charge is 0.360 e. The van der Waals surface area contributed by atoms with E-state index >= 15 is 0 Å². The molecule has 0 aliphatic carbocycles. The summed E-state index contributed by atoms with van der Waals surface area (Å²) in [6, 6.07) is 15.3. The Kier molecular flexibility index (Phi) is 4.59. The van der Waals surface area contributed by atoms with Crippen LogP contribution in [0.25, 0.3) is 10.9 Å². The molecule has 26 heavy (non-hydrogen) atoms. The standard InChI is InChI=1S/C21H24N2O2S/c1-16-7-6-13-23(16)14-12-17-8-5-11-19-21(17)20(15-22-19)26(24,25)18-9-3-2-4-10-18/h2-5,8-11,15-16,22H,6-7,12-14H2,1H3. The summed E-state index contributed by atoms with van der Waals surface area (Å²) in [5, 5.41) is 0.836. The number of hydrogen-bond donors (Lipinski definition) is 1. The summed E-state index contributed by atoms with van der Waals surface area (Å²) in [5.74, 6) is 0. The number of hydrogen-bond acceptors (Lipinski definition) is 3. The molecule has 2 heterocycles. The normalized spacial score (nSPS) is 18.6. The van der Waals surface area contributed by atoms with Crippen molar-refractivity contribution in [3.8, 4) is 0 Å². The van der Waals surface area contributed by atoms with Crippen LogP contribution in [0.3, 0.4) is 0 Å². The van der Waals surface area contributed by atoms with Crippen molar-refractivity contribution in [1.29, 1.82) is 0 Å². The van der Waals surface area contributed by atoms with Gasteiger partial charge in [-0.2, -0.15) is 0 Å². The second-order valence-electron chi connectivity index (χ2n) is 7.09. The molecule has 1 aliphatic heterocycles. The van der Waals surface area contributed by atoms with Crippen molar-refractivity contribution >= 4 is 20.7 Å². The van der Waals surface area contributed by atoms with Crippen LogP contribution in [0, 0.1) is 0 Å². The average Bonchev–Trinajstić information content (AvgIpc) is 3.27. The molecule has 1 saturated heterocycles. The lowest BCUT2D eigenvalue weighted by atomic mass is 10.1. The quantitative estimate of drug-likeness (QED) is 0.740. The van der Waals surface area contributed by atoms with E-state index in [9.17, 15) is 8.42 Å². The van der Waals surface area contributed by atoms with Gasteiger partial charge in [0.2, 0.25) is 9.84 Å². The van der Waals surface area contributed by atoms with Gasteiger partial charge in [0, 0.05) is 29.7 Å². The molecule has 2 aromatic carbocycles. The maximum absolute atomic E-state index is 13.1. The van der Waals surface area contributed by atoms with E-state index in [1.807, 2.05) is 18.2 Å². The first-order valence-corrected chi connectivity index (χ1v) is 10.7. The molecule has 1 aliphatic rings. The number of fused-ring (bicyclic) bond motifs is 1. The minimum atomic E-state index is -3.54.